The molecule has 2 saturated heterocycles. The van der Waals surface area contributed by atoms with Crippen LogP contribution in [0.5, 0.6) is 5.88 Å². The molecule has 2 aromatic carbocycles. The first kappa shape index (κ1) is 79.9. The van der Waals surface area contributed by atoms with Gasteiger partial charge >= 0.3 is 31.6 Å². The van der Waals surface area contributed by atoms with Crippen molar-refractivity contribution in [2.45, 2.75) is 153 Å². The van der Waals surface area contributed by atoms with Gasteiger partial charge in [0.2, 0.25) is 17.7 Å². The quantitative estimate of drug-likeness (QED) is 0.00722. The summed E-state index contributed by atoms with van der Waals surface area (Å²) in [6.45, 7) is -4.32. The van der Waals surface area contributed by atoms with E-state index in [1.165, 1.54) is 35.1 Å². The number of urea groups is 1. The second-order valence-electron chi connectivity index (χ2n) is 26.8. The molecule has 0 spiro atoms. The number of imidazole rings is 1. The number of rotatable bonds is 33. The number of hydrogen-bond acceptors (Lipinski definition) is 25. The number of ketones is 2. The Hall–Kier alpha value is -7.61. The summed E-state index contributed by atoms with van der Waals surface area (Å²) in [5.41, 5.74) is 5.69. The molecule has 5 aliphatic rings. The van der Waals surface area contributed by atoms with Gasteiger partial charge in [-0.3, -0.25) is 48.2 Å². The first-order chi connectivity index (χ1) is 50.4. The zero-order chi connectivity index (χ0) is 74.8. The Labute approximate surface area is 616 Å². The smallest absolute Gasteiger partial charge is 0.410 e. The predicted octanol–water partition coefficient (Wildman–Crippen LogP) is 6.58. The fourth-order valence-corrected chi connectivity index (χ4v) is 16.2. The van der Waals surface area contributed by atoms with Crippen LogP contribution >= 0.6 is 25.8 Å². The normalized spacial score (nSPS) is 25.5. The molecule has 2 aliphatic heterocycles. The number of esters is 1. The minimum atomic E-state index is -4.38. The Bertz CT molecular complexity index is 4070. The van der Waals surface area contributed by atoms with Crippen LogP contribution in [0.15, 0.2) is 78.2 Å². The third-order valence-electron chi connectivity index (χ3n) is 18.9. The highest BCUT2D eigenvalue weighted by Crippen LogP contribution is 2.59. The lowest BCUT2D eigenvalue weighted by molar-refractivity contribution is -0.144. The average molecular weight is 1530 g/mol. The van der Waals surface area contributed by atoms with Crippen LogP contribution in [0.2, 0.25) is 0 Å². The van der Waals surface area contributed by atoms with Crippen molar-refractivity contribution in [3.8, 4) is 17.7 Å². The molecule has 3 aliphatic carbocycles. The van der Waals surface area contributed by atoms with E-state index in [0.717, 1.165) is 32.0 Å². The molecule has 32 nitrogen and oxygen atoms in total. The molecule has 2 saturated carbocycles. The van der Waals surface area contributed by atoms with Crippen molar-refractivity contribution in [1.82, 2.24) is 45.0 Å². The Morgan fingerprint density at radius 2 is 1.65 bits per heavy atom. The number of Topliss-reactive ketones (excluding diaryl/α,β-unsaturated/α-hetero) is 2. The van der Waals surface area contributed by atoms with Crippen LogP contribution in [0.3, 0.4) is 0 Å². The van der Waals surface area contributed by atoms with Gasteiger partial charge in [0.25, 0.3) is 11.5 Å². The van der Waals surface area contributed by atoms with Gasteiger partial charge < -0.3 is 73.3 Å². The molecule has 36 heteroatoms. The number of aromatic nitrogens is 6. The number of ether oxygens (including phenoxy) is 6. The zero-order valence-electron chi connectivity index (χ0n) is 58.4. The number of primary amides is 1. The molecule has 0 radical (unpaired) electrons. The standard InChI is InChI=1S/C69H89N11O21P2S2/c1-41(2)51(32-46(81)23-27-93-29-28-92-26-11-17-58(83)94-37-52-49-14-6-4-5-7-15-50(49)52)64(86)75-53(16-10-24-72-67(70)88)54(82)30-42-18-20-43(21-19-42)35-95-69(89)79(3)34-44-12-8-9-13-48(44)63(85)77-68-76-62-59(65(87)78-68)74-40-80(62)66-61-60(84)56(99-66)38-97-102(90,104)100-55-33-47(98-57-22-25-71-39-73-57)31-45(55)36-96-103(91,105)101-61/h8-9,12-13,18-22,25,39-41,45,47,49-53,55-56,60-61,66,84H,6-7,10-11,14-17,23-24,26-38H2,1-3H3,(H,75,86)(H,90,104)(H,91,105)(H3,70,72,88)(H2,76,77,78,85,87)/t45-,47-,49-,50+,51+,52?,53+,55+,56-,60-,61-,66-,102?,103?/m1/s1. The summed E-state index contributed by atoms with van der Waals surface area (Å²) in [6, 6.07) is 12.9. The second-order valence-corrected chi connectivity index (χ2v) is 32.5. The van der Waals surface area contributed by atoms with Crippen molar-refractivity contribution in [3.63, 3.8) is 0 Å². The van der Waals surface area contributed by atoms with Crippen LogP contribution in [-0.2, 0) is 96.9 Å². The van der Waals surface area contributed by atoms with E-state index in [0.29, 0.717) is 66.4 Å². The van der Waals surface area contributed by atoms with Crippen LogP contribution < -0.4 is 32.0 Å². The van der Waals surface area contributed by atoms with E-state index in [9.17, 15) is 52.9 Å². The Balaban J connectivity index is 0.676. The Morgan fingerprint density at radius 3 is 2.38 bits per heavy atom. The number of anilines is 1. The largest absolute Gasteiger partial charge is 0.474 e. The number of amides is 5. The van der Waals surface area contributed by atoms with Gasteiger partial charge in [0.05, 0.1) is 58.1 Å². The zero-order valence-corrected chi connectivity index (χ0v) is 61.9. The maximum atomic E-state index is 14.1. The summed E-state index contributed by atoms with van der Waals surface area (Å²) in [4.78, 5) is 138. The van der Waals surface area contributed by atoms with Gasteiger partial charge in [-0.25, -0.2) is 29.1 Å². The van der Waals surface area contributed by atoms with Gasteiger partial charge in [-0.1, -0.05) is 68.6 Å². The van der Waals surface area contributed by atoms with Crippen LogP contribution in [0.1, 0.15) is 124 Å². The minimum Gasteiger partial charge on any atom is -0.474 e. The van der Waals surface area contributed by atoms with Gasteiger partial charge in [-0.05, 0) is 96.8 Å². The number of aliphatic hydroxyl groups excluding tert-OH is 1. The number of aliphatic hydroxyl groups is 1. The van der Waals surface area contributed by atoms with E-state index in [2.05, 4.69) is 65.0 Å². The van der Waals surface area contributed by atoms with Crippen molar-refractivity contribution in [2.75, 3.05) is 65.2 Å². The molecule has 5 aromatic rings. The van der Waals surface area contributed by atoms with Crippen molar-refractivity contribution in [1.29, 1.82) is 0 Å². The van der Waals surface area contributed by atoms with Crippen LogP contribution in [-0.4, -0.2) is 182 Å². The number of carbonyl (C=O) groups excluding carboxylic acids is 7. The molecule has 8 N–H and O–H groups in total. The highest BCUT2D eigenvalue weighted by Gasteiger charge is 2.52. The maximum Gasteiger partial charge on any atom is 0.410 e. The first-order valence-electron chi connectivity index (χ1n) is 34.9. The fraction of sp³-hybridized carbons (Fsp3) is 0.565. The van der Waals surface area contributed by atoms with Gasteiger partial charge in [0.1, 0.15) is 43.1 Å². The van der Waals surface area contributed by atoms with E-state index in [4.69, 9.17) is 64.1 Å². The topological polar surface area (TPSA) is 424 Å². The average Bonchev–Trinajstić information content (AvgIpc) is 1.62. The number of nitrogens with one attached hydrogen (secondary N) is 4. The SMILES string of the molecule is CC(C)[C@H](CC(=O)CCOCCOCCCC(=O)OCC1[C@H]2CCC#CCC[C@@H]12)C(=O)N[C@@H](CCCNC(N)=O)C(=O)Cc1ccc(COC(=O)N(C)Cc2ccccc2C(=O)Nc2nc3c(ncn3[C@@H]3O[C@@H]4COP(O)(=S)O[C@H]5C[C@H](Oc6ccncn6)C[C@@H]5COP(=O)(S)O[C@@H]3[C@@H]4O)c(=O)[nH]2)cc1. The minimum absolute atomic E-state index is 0.0623. The number of fused-ring (bicyclic) bond motifs is 5. The molecule has 568 valence electrons. The van der Waals surface area contributed by atoms with Gasteiger partial charge in [0, 0.05) is 101 Å². The van der Waals surface area contributed by atoms with Crippen molar-refractivity contribution in [3.05, 3.63) is 106 Å². The number of carbonyl (C=O) groups is 7. The number of nitrogens with zero attached hydrogens (tertiary/aromatic N) is 6. The molecular formula is C69H89N11O21P2S2. The first-order valence-corrected chi connectivity index (χ1v) is 40.2. The van der Waals surface area contributed by atoms with E-state index >= 15 is 0 Å². The number of nitrogens with two attached hydrogens (primary N) is 1. The van der Waals surface area contributed by atoms with Crippen molar-refractivity contribution < 1.29 is 94.6 Å². The summed E-state index contributed by atoms with van der Waals surface area (Å²) in [7, 11) is 1.47. The molecule has 3 unspecified atom stereocenters. The summed E-state index contributed by atoms with van der Waals surface area (Å²) >= 11 is 9.64. The lowest BCUT2D eigenvalue weighted by atomic mass is 9.88. The number of thiol groups is 1. The van der Waals surface area contributed by atoms with Gasteiger partial charge in [0.15, 0.2) is 23.2 Å². The van der Waals surface area contributed by atoms with Gasteiger partial charge in [-0.15, -0.1) is 11.8 Å². The molecule has 4 fully saturated rings. The van der Waals surface area contributed by atoms with Crippen LogP contribution in [0.4, 0.5) is 15.5 Å². The molecular weight excluding hydrogens is 1440 g/mol. The Kier molecular flexibility index (Phi) is 28.8. The number of aromatic amines is 1. The molecule has 2 bridgehead atoms. The molecule has 105 heavy (non-hydrogen) atoms. The number of hydrogen-bond donors (Lipinski definition) is 8. The second kappa shape index (κ2) is 37.8. The van der Waals surface area contributed by atoms with E-state index in [1.54, 1.807) is 48.5 Å². The molecule has 3 aromatic heterocycles. The summed E-state index contributed by atoms with van der Waals surface area (Å²) < 4.78 is 73.2. The third kappa shape index (κ3) is 23.2. The molecule has 5 amide bonds. The van der Waals surface area contributed by atoms with E-state index in [1.807, 2.05) is 13.8 Å². The Morgan fingerprint density at radius 1 is 0.905 bits per heavy atom. The summed E-state index contributed by atoms with van der Waals surface area (Å²) in [6.07, 6.45) is 1.59. The highest BCUT2D eigenvalue weighted by atomic mass is 32.7. The molecule has 14 atom stereocenters. The lowest BCUT2D eigenvalue weighted by Gasteiger charge is -2.27. The van der Waals surface area contributed by atoms with Crippen molar-refractivity contribution in [2.24, 2.45) is 41.2 Å². The lowest BCUT2D eigenvalue weighted by Crippen LogP contribution is -2.46. The number of H-pyrrole nitrogens is 1. The summed E-state index contributed by atoms with van der Waals surface area (Å²) in [5, 5.41) is 19.6. The van der Waals surface area contributed by atoms with Gasteiger partial charge in [-0.2, -0.15) is 4.98 Å². The van der Waals surface area contributed by atoms with E-state index < -0.39 is 104 Å². The van der Waals surface area contributed by atoms with E-state index in [-0.39, 0.29) is 137 Å². The molecule has 5 heterocycles. The van der Waals surface area contributed by atoms with Crippen molar-refractivity contribution >= 4 is 96.2 Å². The highest BCUT2D eigenvalue weighted by molar-refractivity contribution is 8.44. The predicted molar refractivity (Wildman–Crippen MR) is 383 cm³/mol. The van der Waals surface area contributed by atoms with Crippen LogP contribution in [0, 0.1) is 47.3 Å². The maximum absolute atomic E-state index is 14.1. The molecule has 10 rings (SSSR count). The summed E-state index contributed by atoms with van der Waals surface area (Å²) in [5.74, 6) is 4.47. The number of benzene rings is 2. The third-order valence-corrected chi connectivity index (χ3v) is 22.1. The monoisotopic (exact) mass is 1530 g/mol. The fourth-order valence-electron chi connectivity index (χ4n) is 13.2. The van der Waals surface area contributed by atoms with Crippen LogP contribution in [0.25, 0.3) is 11.2 Å².